The summed E-state index contributed by atoms with van der Waals surface area (Å²) in [6.45, 7) is 3.42. The number of aliphatic hydroxyl groups is 1. The molecule has 9 heteroatoms. The number of carbonyl (C=O) groups excluding carboxylic acids is 2. The van der Waals surface area contributed by atoms with Crippen LogP contribution in [0.1, 0.15) is 28.8 Å². The van der Waals surface area contributed by atoms with Gasteiger partial charge in [0, 0.05) is 50.3 Å². The van der Waals surface area contributed by atoms with E-state index in [4.69, 9.17) is 23.2 Å². The normalized spacial score (nSPS) is 25.7. The third-order valence-electron chi connectivity index (χ3n) is 6.99. The van der Waals surface area contributed by atoms with E-state index in [1.807, 2.05) is 17.0 Å². The molecule has 0 unspecified atom stereocenters. The van der Waals surface area contributed by atoms with Gasteiger partial charge in [0.2, 0.25) is 0 Å². The third kappa shape index (κ3) is 4.19. The largest absolute Gasteiger partial charge is 0.384 e. The van der Waals surface area contributed by atoms with E-state index in [1.165, 1.54) is 0 Å². The number of halogens is 2. The number of nitrogens with zero attached hydrogens (tertiary/aromatic N) is 3. The lowest BCUT2D eigenvalue weighted by molar-refractivity contribution is -0.0740. The van der Waals surface area contributed by atoms with Crippen molar-refractivity contribution in [1.29, 1.82) is 0 Å². The lowest BCUT2D eigenvalue weighted by Gasteiger charge is -2.49. The van der Waals surface area contributed by atoms with Crippen LogP contribution in [0.25, 0.3) is 0 Å². The molecular formula is C24H26Cl2N4O3. The van der Waals surface area contributed by atoms with Crippen LogP contribution >= 0.6 is 23.2 Å². The summed E-state index contributed by atoms with van der Waals surface area (Å²) in [5.41, 5.74) is 0.928. The summed E-state index contributed by atoms with van der Waals surface area (Å²) in [5, 5.41) is 15.0. The zero-order chi connectivity index (χ0) is 23.2. The van der Waals surface area contributed by atoms with Gasteiger partial charge in [-0.1, -0.05) is 41.4 Å². The number of benzene rings is 2. The van der Waals surface area contributed by atoms with Crippen LogP contribution in [-0.2, 0) is 5.60 Å². The van der Waals surface area contributed by atoms with Crippen molar-refractivity contribution >= 4 is 40.8 Å². The monoisotopic (exact) mass is 488 g/mol. The van der Waals surface area contributed by atoms with Gasteiger partial charge in [-0.3, -0.25) is 14.6 Å². The third-order valence-corrected chi connectivity index (χ3v) is 7.63. The number of nitrogens with one attached hydrogen (secondary N) is 1. The number of piperidine rings is 1. The molecule has 2 atom stereocenters. The van der Waals surface area contributed by atoms with Crippen molar-refractivity contribution in [1.82, 2.24) is 15.1 Å². The maximum atomic E-state index is 13.4. The molecular weight excluding hydrogens is 463 g/mol. The fourth-order valence-corrected chi connectivity index (χ4v) is 5.58. The Bertz CT molecular complexity index is 1080. The summed E-state index contributed by atoms with van der Waals surface area (Å²) in [6, 6.07) is 12.6. The first-order valence-corrected chi connectivity index (χ1v) is 12.0. The smallest absolute Gasteiger partial charge is 0.322 e. The summed E-state index contributed by atoms with van der Waals surface area (Å²) in [6.07, 6.45) is 1.41. The van der Waals surface area contributed by atoms with Gasteiger partial charge in [0.1, 0.15) is 5.60 Å². The van der Waals surface area contributed by atoms with Crippen molar-refractivity contribution in [2.75, 3.05) is 44.2 Å². The van der Waals surface area contributed by atoms with Crippen molar-refractivity contribution in [3.63, 3.8) is 0 Å². The Kier molecular flexibility index (Phi) is 5.99. The molecule has 0 aliphatic carbocycles. The second-order valence-corrected chi connectivity index (χ2v) is 9.79. The van der Waals surface area contributed by atoms with E-state index < -0.39 is 5.60 Å². The average molecular weight is 489 g/mol. The first-order valence-electron chi connectivity index (χ1n) is 11.2. The Labute approximate surface area is 202 Å². The SMILES string of the molecule is O=C(c1cccc(N2CCNC2=O)c1Cl)N1CCN2C[C@@](O)(c3ccc(Cl)cc3)CC[C@@H]2C1. The molecule has 0 radical (unpaired) electrons. The molecule has 3 aliphatic heterocycles. The van der Waals surface area contributed by atoms with Crippen LogP contribution in [0.5, 0.6) is 0 Å². The molecule has 3 heterocycles. The average Bonchev–Trinajstić information content (AvgIpc) is 3.24. The highest BCUT2D eigenvalue weighted by Crippen LogP contribution is 2.37. The van der Waals surface area contributed by atoms with Gasteiger partial charge in [0.25, 0.3) is 5.91 Å². The van der Waals surface area contributed by atoms with Crippen molar-refractivity contribution in [2.24, 2.45) is 0 Å². The predicted molar refractivity (Wildman–Crippen MR) is 128 cm³/mol. The Morgan fingerprint density at radius 2 is 1.88 bits per heavy atom. The van der Waals surface area contributed by atoms with Gasteiger partial charge in [-0.25, -0.2) is 4.79 Å². The fourth-order valence-electron chi connectivity index (χ4n) is 5.14. The number of carbonyl (C=O) groups is 2. The molecule has 0 aromatic heterocycles. The molecule has 2 aromatic rings. The zero-order valence-electron chi connectivity index (χ0n) is 18.1. The molecule has 2 N–H and O–H groups in total. The van der Waals surface area contributed by atoms with Crippen LogP contribution in [0, 0.1) is 0 Å². The first kappa shape index (κ1) is 22.5. The molecule has 174 valence electrons. The zero-order valence-corrected chi connectivity index (χ0v) is 19.6. The van der Waals surface area contributed by atoms with Gasteiger partial charge in [0.15, 0.2) is 0 Å². The Morgan fingerprint density at radius 1 is 1.09 bits per heavy atom. The second-order valence-electron chi connectivity index (χ2n) is 8.97. The molecule has 3 fully saturated rings. The summed E-state index contributed by atoms with van der Waals surface area (Å²) < 4.78 is 0. The standard InChI is InChI=1S/C24H26Cl2N4O3/c25-17-6-4-16(5-7-17)24(33)9-8-18-14-28(12-13-29(18)15-24)22(31)19-2-1-3-20(21(19)26)30-11-10-27-23(30)32/h1-7,18,33H,8-15H2,(H,27,32)/t18-,24-/m1/s1. The molecule has 0 bridgehead atoms. The molecule has 2 aromatic carbocycles. The van der Waals surface area contributed by atoms with Crippen LogP contribution < -0.4 is 10.2 Å². The minimum Gasteiger partial charge on any atom is -0.384 e. The first-order chi connectivity index (χ1) is 15.9. The number of hydrogen-bond donors (Lipinski definition) is 2. The maximum Gasteiger partial charge on any atom is 0.322 e. The van der Waals surface area contributed by atoms with Crippen LogP contribution in [0.15, 0.2) is 42.5 Å². The fraction of sp³-hybridized carbons (Fsp3) is 0.417. The van der Waals surface area contributed by atoms with Crippen molar-refractivity contribution in [3.8, 4) is 0 Å². The maximum absolute atomic E-state index is 13.4. The van der Waals surface area contributed by atoms with Gasteiger partial charge in [-0.15, -0.1) is 0 Å². The molecule has 0 spiro atoms. The van der Waals surface area contributed by atoms with E-state index in [-0.39, 0.29) is 18.0 Å². The highest BCUT2D eigenvalue weighted by Gasteiger charge is 2.42. The lowest BCUT2D eigenvalue weighted by atomic mass is 9.82. The lowest BCUT2D eigenvalue weighted by Crippen LogP contribution is -2.60. The number of hydrogen-bond acceptors (Lipinski definition) is 4. The van der Waals surface area contributed by atoms with Crippen LogP contribution in [-0.4, -0.2) is 72.2 Å². The highest BCUT2D eigenvalue weighted by molar-refractivity contribution is 6.37. The van der Waals surface area contributed by atoms with Gasteiger partial charge in [-0.05, 0) is 42.7 Å². The van der Waals surface area contributed by atoms with Gasteiger partial charge in [-0.2, -0.15) is 0 Å². The number of amides is 3. The predicted octanol–water partition coefficient (Wildman–Crippen LogP) is 3.33. The van der Waals surface area contributed by atoms with E-state index in [2.05, 4.69) is 10.2 Å². The van der Waals surface area contributed by atoms with Crippen molar-refractivity contribution in [3.05, 3.63) is 63.6 Å². The number of piperazine rings is 1. The Hall–Kier alpha value is -2.32. The number of fused-ring (bicyclic) bond motifs is 1. The van der Waals surface area contributed by atoms with Crippen molar-refractivity contribution < 1.29 is 14.7 Å². The van der Waals surface area contributed by atoms with Gasteiger partial charge < -0.3 is 15.3 Å². The van der Waals surface area contributed by atoms with E-state index in [0.717, 1.165) is 12.0 Å². The quantitative estimate of drug-likeness (QED) is 0.694. The molecule has 3 saturated heterocycles. The minimum absolute atomic E-state index is 0.125. The van der Waals surface area contributed by atoms with Crippen LogP contribution in [0.3, 0.4) is 0 Å². The molecule has 3 aliphatic rings. The summed E-state index contributed by atoms with van der Waals surface area (Å²) in [5.74, 6) is -0.125. The number of rotatable bonds is 3. The second kappa shape index (κ2) is 8.80. The van der Waals surface area contributed by atoms with Gasteiger partial charge >= 0.3 is 6.03 Å². The summed E-state index contributed by atoms with van der Waals surface area (Å²) in [7, 11) is 0. The molecule has 0 saturated carbocycles. The van der Waals surface area contributed by atoms with Gasteiger partial charge in [0.05, 0.1) is 16.3 Å². The Morgan fingerprint density at radius 3 is 2.61 bits per heavy atom. The number of anilines is 1. The van der Waals surface area contributed by atoms with E-state index in [9.17, 15) is 14.7 Å². The van der Waals surface area contributed by atoms with Crippen LogP contribution in [0.2, 0.25) is 10.0 Å². The van der Waals surface area contributed by atoms with E-state index in [0.29, 0.717) is 67.0 Å². The summed E-state index contributed by atoms with van der Waals surface area (Å²) in [4.78, 5) is 31.1. The van der Waals surface area contributed by atoms with Crippen LogP contribution in [0.4, 0.5) is 10.5 Å². The highest BCUT2D eigenvalue weighted by atomic mass is 35.5. The van der Waals surface area contributed by atoms with E-state index in [1.54, 1.807) is 35.2 Å². The minimum atomic E-state index is -0.915. The summed E-state index contributed by atoms with van der Waals surface area (Å²) >= 11 is 12.6. The molecule has 3 amide bonds. The van der Waals surface area contributed by atoms with Crippen molar-refractivity contribution in [2.45, 2.75) is 24.5 Å². The Balaban J connectivity index is 1.29. The molecule has 5 rings (SSSR count). The van der Waals surface area contributed by atoms with E-state index >= 15 is 0 Å². The number of urea groups is 1. The topological polar surface area (TPSA) is 76.1 Å². The molecule has 7 nitrogen and oxygen atoms in total. The molecule has 33 heavy (non-hydrogen) atoms.